The lowest BCUT2D eigenvalue weighted by atomic mass is 9.66. The molecule has 1 heterocycles. The molecule has 0 bridgehead atoms. The average molecular weight is 252 g/mol. The van der Waals surface area contributed by atoms with Crippen molar-refractivity contribution in [3.63, 3.8) is 0 Å². The number of likely N-dealkylation sites (tertiary alicyclic amines) is 1. The van der Waals surface area contributed by atoms with Gasteiger partial charge in [-0.15, -0.1) is 0 Å². The van der Waals surface area contributed by atoms with Crippen LogP contribution in [-0.4, -0.2) is 29.6 Å². The Morgan fingerprint density at radius 1 is 1.17 bits per heavy atom. The molecule has 5 unspecified atom stereocenters. The minimum absolute atomic E-state index is 0.289. The molecule has 1 aliphatic carbocycles. The third-order valence-corrected chi connectivity index (χ3v) is 6.03. The lowest BCUT2D eigenvalue weighted by molar-refractivity contribution is -0.0557. The maximum absolute atomic E-state index is 6.28. The standard InChI is InChI=1S/C16H32N2/c1-12-7-9-18(14(3)10-12)16(11-17)8-5-6-13(2)15(16)4/h12-15H,5-11,17H2,1-4H3. The highest BCUT2D eigenvalue weighted by Crippen LogP contribution is 2.44. The molecule has 106 valence electrons. The second-order valence-corrected chi connectivity index (χ2v) is 7.14. The van der Waals surface area contributed by atoms with E-state index in [-0.39, 0.29) is 5.54 Å². The van der Waals surface area contributed by atoms with Crippen LogP contribution in [0.1, 0.15) is 59.8 Å². The van der Waals surface area contributed by atoms with Crippen molar-refractivity contribution in [2.75, 3.05) is 13.1 Å². The van der Waals surface area contributed by atoms with Crippen molar-refractivity contribution < 1.29 is 0 Å². The molecule has 5 atom stereocenters. The molecule has 0 aromatic heterocycles. The van der Waals surface area contributed by atoms with Crippen molar-refractivity contribution in [2.24, 2.45) is 23.5 Å². The third kappa shape index (κ3) is 2.34. The highest BCUT2D eigenvalue weighted by molar-refractivity contribution is 5.03. The van der Waals surface area contributed by atoms with Crippen LogP contribution in [0.4, 0.5) is 0 Å². The summed E-state index contributed by atoms with van der Waals surface area (Å²) < 4.78 is 0. The summed E-state index contributed by atoms with van der Waals surface area (Å²) in [5.74, 6) is 2.46. The summed E-state index contributed by atoms with van der Waals surface area (Å²) in [7, 11) is 0. The van der Waals surface area contributed by atoms with Crippen LogP contribution in [0.2, 0.25) is 0 Å². The van der Waals surface area contributed by atoms with Crippen molar-refractivity contribution in [3.8, 4) is 0 Å². The molecule has 2 nitrogen and oxygen atoms in total. The first-order chi connectivity index (χ1) is 8.51. The molecule has 0 spiro atoms. The molecule has 1 saturated carbocycles. The molecule has 0 aromatic rings. The number of piperidine rings is 1. The Hall–Kier alpha value is -0.0800. The molecule has 1 saturated heterocycles. The SMILES string of the molecule is CC1CCN(C2(CN)CCCC(C)C2C)C(C)C1. The smallest absolute Gasteiger partial charge is 0.0362 e. The fourth-order valence-electron chi connectivity index (χ4n) is 4.62. The molecular formula is C16H32N2. The van der Waals surface area contributed by atoms with Crippen LogP contribution < -0.4 is 5.73 Å². The molecule has 2 rings (SSSR count). The third-order valence-electron chi connectivity index (χ3n) is 6.03. The Kier molecular flexibility index (Phi) is 4.38. The predicted octanol–water partition coefficient (Wildman–Crippen LogP) is 3.26. The van der Waals surface area contributed by atoms with Gasteiger partial charge in [0, 0.05) is 18.1 Å². The topological polar surface area (TPSA) is 29.3 Å². The summed E-state index contributed by atoms with van der Waals surface area (Å²) >= 11 is 0. The Balaban J connectivity index is 2.20. The molecule has 2 N–H and O–H groups in total. The minimum atomic E-state index is 0.289. The second-order valence-electron chi connectivity index (χ2n) is 7.14. The van der Waals surface area contributed by atoms with Crippen molar-refractivity contribution in [3.05, 3.63) is 0 Å². The lowest BCUT2D eigenvalue weighted by Gasteiger charge is -2.56. The van der Waals surface area contributed by atoms with Crippen molar-refractivity contribution >= 4 is 0 Å². The van der Waals surface area contributed by atoms with Gasteiger partial charge in [0.05, 0.1) is 0 Å². The number of rotatable bonds is 2. The van der Waals surface area contributed by atoms with E-state index in [1.165, 1.54) is 38.6 Å². The molecule has 1 aliphatic heterocycles. The van der Waals surface area contributed by atoms with E-state index in [4.69, 9.17) is 5.73 Å². The predicted molar refractivity (Wildman–Crippen MR) is 78.5 cm³/mol. The first kappa shape index (κ1) is 14.3. The van der Waals surface area contributed by atoms with Gasteiger partial charge in [0.1, 0.15) is 0 Å². The largest absolute Gasteiger partial charge is 0.329 e. The summed E-state index contributed by atoms with van der Waals surface area (Å²) in [6.45, 7) is 11.8. The summed E-state index contributed by atoms with van der Waals surface area (Å²) in [4.78, 5) is 2.79. The summed E-state index contributed by atoms with van der Waals surface area (Å²) in [6.07, 6.45) is 6.77. The van der Waals surface area contributed by atoms with Crippen LogP contribution in [0.25, 0.3) is 0 Å². The number of hydrogen-bond acceptors (Lipinski definition) is 2. The van der Waals surface area contributed by atoms with E-state index in [0.717, 1.165) is 24.3 Å². The highest BCUT2D eigenvalue weighted by atomic mass is 15.2. The molecule has 2 heteroatoms. The number of hydrogen-bond donors (Lipinski definition) is 1. The van der Waals surface area contributed by atoms with Gasteiger partial charge < -0.3 is 5.73 Å². The van der Waals surface area contributed by atoms with E-state index < -0.39 is 0 Å². The van der Waals surface area contributed by atoms with Crippen LogP contribution in [0.3, 0.4) is 0 Å². The van der Waals surface area contributed by atoms with Gasteiger partial charge in [0.15, 0.2) is 0 Å². The fourth-order valence-corrected chi connectivity index (χ4v) is 4.62. The zero-order valence-corrected chi connectivity index (χ0v) is 12.8. The zero-order chi connectivity index (χ0) is 13.3. The summed E-state index contributed by atoms with van der Waals surface area (Å²) in [6, 6.07) is 0.713. The summed E-state index contributed by atoms with van der Waals surface area (Å²) in [5, 5.41) is 0. The Morgan fingerprint density at radius 3 is 2.50 bits per heavy atom. The van der Waals surface area contributed by atoms with Gasteiger partial charge in [-0.1, -0.05) is 33.6 Å². The molecule has 0 aromatic carbocycles. The molecule has 0 amide bonds. The van der Waals surface area contributed by atoms with Gasteiger partial charge in [0.2, 0.25) is 0 Å². The van der Waals surface area contributed by atoms with Crippen LogP contribution in [0.15, 0.2) is 0 Å². The normalized spacial score (nSPS) is 47.2. The fraction of sp³-hybridized carbons (Fsp3) is 1.00. The Labute approximate surface area is 113 Å². The summed E-state index contributed by atoms with van der Waals surface area (Å²) in [5.41, 5.74) is 6.57. The highest BCUT2D eigenvalue weighted by Gasteiger charge is 2.47. The molecule has 0 radical (unpaired) electrons. The van der Waals surface area contributed by atoms with Crippen LogP contribution >= 0.6 is 0 Å². The van der Waals surface area contributed by atoms with Gasteiger partial charge in [-0.3, -0.25) is 4.90 Å². The number of nitrogens with two attached hydrogens (primary N) is 1. The molecular weight excluding hydrogens is 220 g/mol. The monoisotopic (exact) mass is 252 g/mol. The quantitative estimate of drug-likeness (QED) is 0.817. The van der Waals surface area contributed by atoms with Crippen LogP contribution in [0.5, 0.6) is 0 Å². The van der Waals surface area contributed by atoms with Gasteiger partial charge in [-0.25, -0.2) is 0 Å². The molecule has 2 fully saturated rings. The molecule has 2 aliphatic rings. The van der Waals surface area contributed by atoms with E-state index in [9.17, 15) is 0 Å². The van der Waals surface area contributed by atoms with E-state index in [2.05, 4.69) is 32.6 Å². The van der Waals surface area contributed by atoms with Crippen molar-refractivity contribution in [1.82, 2.24) is 4.90 Å². The van der Waals surface area contributed by atoms with Gasteiger partial charge >= 0.3 is 0 Å². The molecule has 18 heavy (non-hydrogen) atoms. The van der Waals surface area contributed by atoms with Crippen molar-refractivity contribution in [2.45, 2.75) is 71.4 Å². The van der Waals surface area contributed by atoms with E-state index in [1.807, 2.05) is 0 Å². The average Bonchev–Trinajstić information content (AvgIpc) is 2.34. The van der Waals surface area contributed by atoms with Crippen LogP contribution in [-0.2, 0) is 0 Å². The van der Waals surface area contributed by atoms with Gasteiger partial charge in [-0.05, 0) is 50.5 Å². The van der Waals surface area contributed by atoms with Crippen molar-refractivity contribution in [1.29, 1.82) is 0 Å². The number of nitrogens with zero attached hydrogens (tertiary/aromatic N) is 1. The maximum atomic E-state index is 6.28. The van der Waals surface area contributed by atoms with E-state index in [1.54, 1.807) is 0 Å². The minimum Gasteiger partial charge on any atom is -0.329 e. The van der Waals surface area contributed by atoms with Gasteiger partial charge in [-0.2, -0.15) is 0 Å². The zero-order valence-electron chi connectivity index (χ0n) is 12.8. The lowest BCUT2D eigenvalue weighted by Crippen LogP contribution is -2.64. The Bertz CT molecular complexity index is 278. The first-order valence-electron chi connectivity index (χ1n) is 7.98. The van der Waals surface area contributed by atoms with Gasteiger partial charge in [0.25, 0.3) is 0 Å². The first-order valence-corrected chi connectivity index (χ1v) is 7.98. The van der Waals surface area contributed by atoms with E-state index in [0.29, 0.717) is 6.04 Å². The second kappa shape index (κ2) is 5.50. The Morgan fingerprint density at radius 2 is 1.89 bits per heavy atom. The maximum Gasteiger partial charge on any atom is 0.0362 e. The van der Waals surface area contributed by atoms with E-state index >= 15 is 0 Å². The van der Waals surface area contributed by atoms with Crippen LogP contribution in [0, 0.1) is 17.8 Å².